The highest BCUT2D eigenvalue weighted by atomic mass is 16.3. The average Bonchev–Trinajstić information content (AvgIpc) is 2.71. The Morgan fingerprint density at radius 1 is 1.25 bits per heavy atom. The molecule has 2 saturated carbocycles. The van der Waals surface area contributed by atoms with Crippen molar-refractivity contribution in [3.8, 4) is 0 Å². The quantitative estimate of drug-likeness (QED) is 0.670. The van der Waals surface area contributed by atoms with E-state index in [1.54, 1.807) is 0 Å². The number of rotatable bonds is 3. The SMILES string of the molecule is OCC1([C@H](O)C2CCCC2)CC1. The summed E-state index contributed by atoms with van der Waals surface area (Å²) in [6.07, 6.45) is 6.71. The van der Waals surface area contributed by atoms with E-state index in [9.17, 15) is 5.11 Å². The van der Waals surface area contributed by atoms with Gasteiger partial charge in [0.15, 0.2) is 0 Å². The Hall–Kier alpha value is -0.0800. The Morgan fingerprint density at radius 2 is 1.83 bits per heavy atom. The Bertz CT molecular complexity index is 157. The van der Waals surface area contributed by atoms with Crippen LogP contribution in [0.1, 0.15) is 38.5 Å². The topological polar surface area (TPSA) is 40.5 Å². The molecule has 2 aliphatic rings. The molecule has 0 aromatic carbocycles. The standard InChI is InChI=1S/C10H18O2/c11-7-10(5-6-10)9(12)8-3-1-2-4-8/h8-9,11-12H,1-7H2/t9-/m1/s1. The molecule has 0 radical (unpaired) electrons. The van der Waals surface area contributed by atoms with Gasteiger partial charge in [0.25, 0.3) is 0 Å². The van der Waals surface area contributed by atoms with Crippen LogP contribution >= 0.6 is 0 Å². The molecule has 0 aliphatic heterocycles. The third-order valence-corrected chi connectivity index (χ3v) is 3.68. The molecule has 12 heavy (non-hydrogen) atoms. The fourth-order valence-electron chi connectivity index (χ4n) is 2.48. The van der Waals surface area contributed by atoms with Crippen LogP contribution in [0.15, 0.2) is 0 Å². The van der Waals surface area contributed by atoms with Gasteiger partial charge in [0.1, 0.15) is 0 Å². The Morgan fingerprint density at radius 3 is 2.25 bits per heavy atom. The highest BCUT2D eigenvalue weighted by Crippen LogP contribution is 2.52. The molecule has 0 bridgehead atoms. The molecule has 1 atom stereocenters. The van der Waals surface area contributed by atoms with E-state index in [0.717, 1.165) is 12.8 Å². The smallest absolute Gasteiger partial charge is 0.0646 e. The summed E-state index contributed by atoms with van der Waals surface area (Å²) in [5.41, 5.74) is -0.0744. The molecule has 70 valence electrons. The zero-order valence-electron chi connectivity index (χ0n) is 7.50. The second kappa shape index (κ2) is 3.00. The van der Waals surface area contributed by atoms with Crippen molar-refractivity contribution in [2.45, 2.75) is 44.6 Å². The first-order valence-electron chi connectivity index (χ1n) is 5.07. The van der Waals surface area contributed by atoms with Crippen molar-refractivity contribution in [2.24, 2.45) is 11.3 Å². The van der Waals surface area contributed by atoms with Crippen molar-refractivity contribution in [1.82, 2.24) is 0 Å². The summed E-state index contributed by atoms with van der Waals surface area (Å²) in [4.78, 5) is 0. The highest BCUT2D eigenvalue weighted by Gasteiger charge is 2.51. The van der Waals surface area contributed by atoms with Crippen LogP contribution in [0.2, 0.25) is 0 Å². The predicted molar refractivity (Wildman–Crippen MR) is 46.7 cm³/mol. The van der Waals surface area contributed by atoms with Gasteiger partial charge in [0, 0.05) is 5.41 Å². The van der Waals surface area contributed by atoms with Crippen molar-refractivity contribution in [2.75, 3.05) is 6.61 Å². The minimum Gasteiger partial charge on any atom is -0.396 e. The first-order valence-corrected chi connectivity index (χ1v) is 5.07. The predicted octanol–water partition coefficient (Wildman–Crippen LogP) is 1.31. The summed E-state index contributed by atoms with van der Waals surface area (Å²) in [5.74, 6) is 0.486. The fourth-order valence-corrected chi connectivity index (χ4v) is 2.48. The monoisotopic (exact) mass is 170 g/mol. The zero-order chi connectivity index (χ0) is 8.60. The molecule has 2 nitrogen and oxygen atoms in total. The van der Waals surface area contributed by atoms with E-state index in [4.69, 9.17) is 5.11 Å². The summed E-state index contributed by atoms with van der Waals surface area (Å²) >= 11 is 0. The van der Waals surface area contributed by atoms with Crippen molar-refractivity contribution in [3.05, 3.63) is 0 Å². The second-order valence-corrected chi connectivity index (χ2v) is 4.51. The van der Waals surface area contributed by atoms with Gasteiger partial charge >= 0.3 is 0 Å². The molecule has 0 heterocycles. The molecule has 2 aliphatic carbocycles. The minimum absolute atomic E-state index is 0.0744. The van der Waals surface area contributed by atoms with E-state index in [0.29, 0.717) is 5.92 Å². The van der Waals surface area contributed by atoms with Gasteiger partial charge in [-0.1, -0.05) is 12.8 Å². The maximum Gasteiger partial charge on any atom is 0.0646 e. The lowest BCUT2D eigenvalue weighted by molar-refractivity contribution is 0.00945. The molecule has 2 rings (SSSR count). The van der Waals surface area contributed by atoms with E-state index in [2.05, 4.69) is 0 Å². The highest BCUT2D eigenvalue weighted by molar-refractivity contribution is 5.01. The first-order chi connectivity index (χ1) is 5.78. The molecule has 0 aromatic rings. The van der Waals surface area contributed by atoms with Crippen molar-refractivity contribution in [1.29, 1.82) is 0 Å². The van der Waals surface area contributed by atoms with Crippen molar-refractivity contribution < 1.29 is 10.2 Å². The van der Waals surface area contributed by atoms with Gasteiger partial charge in [-0.25, -0.2) is 0 Å². The molecule has 2 N–H and O–H groups in total. The molecular weight excluding hydrogens is 152 g/mol. The lowest BCUT2D eigenvalue weighted by Gasteiger charge is -2.25. The zero-order valence-corrected chi connectivity index (χ0v) is 7.50. The molecular formula is C10H18O2. The van der Waals surface area contributed by atoms with Gasteiger partial charge in [-0.2, -0.15) is 0 Å². The van der Waals surface area contributed by atoms with Crippen LogP contribution < -0.4 is 0 Å². The number of aliphatic hydroxyl groups excluding tert-OH is 2. The van der Waals surface area contributed by atoms with Crippen LogP contribution in [0.25, 0.3) is 0 Å². The third-order valence-electron chi connectivity index (χ3n) is 3.68. The maximum atomic E-state index is 9.98. The van der Waals surface area contributed by atoms with Gasteiger partial charge in [-0.3, -0.25) is 0 Å². The number of hydrogen-bond acceptors (Lipinski definition) is 2. The molecule has 0 amide bonds. The summed E-state index contributed by atoms with van der Waals surface area (Å²) < 4.78 is 0. The Labute approximate surface area is 73.6 Å². The largest absolute Gasteiger partial charge is 0.396 e. The summed E-state index contributed by atoms with van der Waals surface area (Å²) in [6.45, 7) is 0.185. The van der Waals surface area contributed by atoms with Crippen LogP contribution in [0.5, 0.6) is 0 Å². The van der Waals surface area contributed by atoms with Crippen LogP contribution in [0, 0.1) is 11.3 Å². The third kappa shape index (κ3) is 1.27. The molecule has 0 unspecified atom stereocenters. The van der Waals surface area contributed by atoms with Gasteiger partial charge in [0.2, 0.25) is 0 Å². The van der Waals surface area contributed by atoms with Gasteiger partial charge in [0.05, 0.1) is 12.7 Å². The van der Waals surface area contributed by atoms with Crippen molar-refractivity contribution in [3.63, 3.8) is 0 Å². The summed E-state index contributed by atoms with van der Waals surface area (Å²) in [7, 11) is 0. The van der Waals surface area contributed by atoms with Crippen LogP contribution in [-0.4, -0.2) is 22.9 Å². The van der Waals surface area contributed by atoms with Gasteiger partial charge in [-0.15, -0.1) is 0 Å². The molecule has 0 spiro atoms. The van der Waals surface area contributed by atoms with Crippen molar-refractivity contribution >= 4 is 0 Å². The Kier molecular flexibility index (Phi) is 2.13. The minimum atomic E-state index is -0.218. The molecule has 2 heteroatoms. The van der Waals surface area contributed by atoms with Gasteiger partial charge < -0.3 is 10.2 Å². The maximum absolute atomic E-state index is 9.98. The van der Waals surface area contributed by atoms with Crippen LogP contribution in [-0.2, 0) is 0 Å². The number of aliphatic hydroxyl groups is 2. The average molecular weight is 170 g/mol. The van der Waals surface area contributed by atoms with E-state index in [1.807, 2.05) is 0 Å². The van der Waals surface area contributed by atoms with Crippen LogP contribution in [0.4, 0.5) is 0 Å². The molecule has 0 aromatic heterocycles. The summed E-state index contributed by atoms with van der Waals surface area (Å²) in [6, 6.07) is 0. The lowest BCUT2D eigenvalue weighted by atomic mass is 9.88. The summed E-state index contributed by atoms with van der Waals surface area (Å²) in [5, 5.41) is 19.1. The normalized spacial score (nSPS) is 30.5. The van der Waals surface area contributed by atoms with Crippen LogP contribution in [0.3, 0.4) is 0 Å². The second-order valence-electron chi connectivity index (χ2n) is 4.51. The van der Waals surface area contributed by atoms with E-state index < -0.39 is 0 Å². The van der Waals surface area contributed by atoms with E-state index >= 15 is 0 Å². The molecule has 2 fully saturated rings. The van der Waals surface area contributed by atoms with Gasteiger partial charge in [-0.05, 0) is 31.6 Å². The molecule has 0 saturated heterocycles. The first kappa shape index (κ1) is 8.52. The number of hydrogen-bond donors (Lipinski definition) is 2. The van der Waals surface area contributed by atoms with E-state index in [-0.39, 0.29) is 18.1 Å². The van der Waals surface area contributed by atoms with E-state index in [1.165, 1.54) is 25.7 Å². The Balaban J connectivity index is 1.94. The fraction of sp³-hybridized carbons (Fsp3) is 1.00. The lowest BCUT2D eigenvalue weighted by Crippen LogP contribution is -2.31.